The van der Waals surface area contributed by atoms with Crippen LogP contribution in [0, 0.1) is 17.3 Å². The van der Waals surface area contributed by atoms with Crippen LogP contribution in [0.15, 0.2) is 18.2 Å². The van der Waals surface area contributed by atoms with Crippen molar-refractivity contribution in [3.63, 3.8) is 0 Å². The lowest BCUT2D eigenvalue weighted by Gasteiger charge is -2.50. The number of hydrogen-bond acceptors (Lipinski definition) is 7. The quantitative estimate of drug-likeness (QED) is 0.465. The Hall–Kier alpha value is -1.71. The standard InChI is InChI=1S/C24H32O8/c1-24-9-8-14-13-5-3-12(10-11(13)2-4-15(14)16(24)6-7-17(24)25)31-23-20(28)18(26)19(27)21(32-23)22(29)30/h3,5,10,14-21,23,25-28H,2,4,6-9H2,1H3,(H,29,30)/t14?,15?,16?,17-,18+,19+,20-,21+,23-,24?/m1/s1. The minimum atomic E-state index is -1.74. The molecule has 4 unspecified atom stereocenters. The molecule has 0 bridgehead atoms. The van der Waals surface area contributed by atoms with Crippen LogP contribution in [0.25, 0.3) is 0 Å². The van der Waals surface area contributed by atoms with Gasteiger partial charge in [0, 0.05) is 0 Å². The Morgan fingerprint density at radius 1 is 1.06 bits per heavy atom. The molecule has 2 saturated carbocycles. The highest BCUT2D eigenvalue weighted by atomic mass is 16.7. The number of carbonyl (C=O) groups is 1. The third-order valence-electron chi connectivity index (χ3n) is 8.71. The summed E-state index contributed by atoms with van der Waals surface area (Å²) in [6.45, 7) is 2.25. The van der Waals surface area contributed by atoms with Gasteiger partial charge in [-0.25, -0.2) is 4.79 Å². The number of hydrogen-bond donors (Lipinski definition) is 5. The molecule has 0 aromatic heterocycles. The highest BCUT2D eigenvalue weighted by Crippen LogP contribution is 2.60. The van der Waals surface area contributed by atoms with Crippen molar-refractivity contribution >= 4 is 5.97 Å². The van der Waals surface area contributed by atoms with E-state index in [-0.39, 0.29) is 11.5 Å². The highest BCUT2D eigenvalue weighted by molar-refractivity contribution is 5.73. The molecule has 0 amide bonds. The van der Waals surface area contributed by atoms with E-state index >= 15 is 0 Å². The van der Waals surface area contributed by atoms with E-state index in [2.05, 4.69) is 6.92 Å². The molecule has 3 aliphatic carbocycles. The van der Waals surface area contributed by atoms with Crippen molar-refractivity contribution in [2.75, 3.05) is 0 Å². The number of aliphatic carboxylic acids is 1. The van der Waals surface area contributed by atoms with E-state index in [4.69, 9.17) is 9.47 Å². The molecule has 8 nitrogen and oxygen atoms in total. The summed E-state index contributed by atoms with van der Waals surface area (Å²) in [4.78, 5) is 11.3. The third kappa shape index (κ3) is 3.35. The number of rotatable bonds is 3. The Kier molecular flexibility index (Phi) is 5.49. The molecular formula is C24H32O8. The number of benzene rings is 1. The smallest absolute Gasteiger partial charge is 0.335 e. The molecule has 10 atom stereocenters. The van der Waals surface area contributed by atoms with Crippen LogP contribution in [-0.4, -0.2) is 68.3 Å². The minimum Gasteiger partial charge on any atom is -0.479 e. The molecule has 1 heterocycles. The van der Waals surface area contributed by atoms with Crippen molar-refractivity contribution in [1.82, 2.24) is 0 Å². The predicted octanol–water partition coefficient (Wildman–Crippen LogP) is 1.17. The Balaban J connectivity index is 1.34. The van der Waals surface area contributed by atoms with E-state index in [1.807, 2.05) is 12.1 Å². The molecule has 1 aromatic rings. The predicted molar refractivity (Wildman–Crippen MR) is 112 cm³/mol. The number of carboxylic acid groups (broad SMARTS) is 1. The summed E-state index contributed by atoms with van der Waals surface area (Å²) >= 11 is 0. The van der Waals surface area contributed by atoms with E-state index in [9.17, 15) is 30.3 Å². The van der Waals surface area contributed by atoms with Crippen LogP contribution in [0.2, 0.25) is 0 Å². The summed E-state index contributed by atoms with van der Waals surface area (Å²) in [5.41, 5.74) is 2.51. The molecule has 3 fully saturated rings. The van der Waals surface area contributed by atoms with Crippen molar-refractivity contribution in [3.8, 4) is 5.75 Å². The largest absolute Gasteiger partial charge is 0.479 e. The first kappa shape index (κ1) is 22.1. The minimum absolute atomic E-state index is 0.0300. The third-order valence-corrected chi connectivity index (χ3v) is 8.71. The molecule has 1 saturated heterocycles. The fourth-order valence-electron chi connectivity index (χ4n) is 6.89. The van der Waals surface area contributed by atoms with Gasteiger partial charge in [0.25, 0.3) is 0 Å². The van der Waals surface area contributed by atoms with E-state index in [1.165, 1.54) is 11.1 Å². The summed E-state index contributed by atoms with van der Waals surface area (Å²) in [6, 6.07) is 5.75. The zero-order valence-electron chi connectivity index (χ0n) is 18.1. The van der Waals surface area contributed by atoms with Crippen molar-refractivity contribution in [2.45, 2.75) is 88.2 Å². The summed E-state index contributed by atoms with van der Waals surface area (Å²) in [7, 11) is 0. The van der Waals surface area contributed by atoms with Gasteiger partial charge >= 0.3 is 5.97 Å². The molecule has 0 radical (unpaired) electrons. The SMILES string of the molecule is CC12CCC3c4ccc(O[C@@H]5O[C@H](C(=O)O)[C@@H](O)[C@H](O)[C@H]5O)cc4CCC3C1CC[C@H]2O. The fraction of sp³-hybridized carbons (Fsp3) is 0.708. The Labute approximate surface area is 186 Å². The number of aryl methyl sites for hydroxylation is 1. The van der Waals surface area contributed by atoms with Crippen molar-refractivity contribution < 1.29 is 39.8 Å². The molecule has 4 aliphatic rings. The van der Waals surface area contributed by atoms with Crippen molar-refractivity contribution in [1.29, 1.82) is 0 Å². The maximum Gasteiger partial charge on any atom is 0.335 e. The summed E-state index contributed by atoms with van der Waals surface area (Å²) in [5.74, 6) is 0.570. The zero-order chi connectivity index (χ0) is 22.8. The average molecular weight is 449 g/mol. The Morgan fingerprint density at radius 2 is 1.84 bits per heavy atom. The first-order valence-electron chi connectivity index (χ1n) is 11.6. The summed E-state index contributed by atoms with van der Waals surface area (Å²) < 4.78 is 11.0. The van der Waals surface area contributed by atoms with Gasteiger partial charge in [-0.3, -0.25) is 0 Å². The number of fused-ring (bicyclic) bond motifs is 5. The fourth-order valence-corrected chi connectivity index (χ4v) is 6.89. The monoisotopic (exact) mass is 448 g/mol. The van der Waals surface area contributed by atoms with Gasteiger partial charge in [-0.1, -0.05) is 13.0 Å². The summed E-state index contributed by atoms with van der Waals surface area (Å²) in [6.07, 6.45) is -2.28. The second kappa shape index (κ2) is 7.95. The second-order valence-electron chi connectivity index (χ2n) is 10.3. The van der Waals surface area contributed by atoms with Crippen molar-refractivity contribution in [3.05, 3.63) is 29.3 Å². The van der Waals surface area contributed by atoms with Crippen LogP contribution in [-0.2, 0) is 16.0 Å². The molecule has 1 aromatic carbocycles. The maximum absolute atomic E-state index is 11.3. The normalized spacial score (nSPS) is 45.5. The topological polar surface area (TPSA) is 137 Å². The van der Waals surface area contributed by atoms with Gasteiger partial charge in [0.2, 0.25) is 6.29 Å². The zero-order valence-corrected chi connectivity index (χ0v) is 18.1. The molecule has 32 heavy (non-hydrogen) atoms. The van der Waals surface area contributed by atoms with Gasteiger partial charge in [0.15, 0.2) is 6.10 Å². The van der Waals surface area contributed by atoms with Crippen LogP contribution in [0.1, 0.15) is 56.1 Å². The first-order chi connectivity index (χ1) is 15.2. The molecule has 176 valence electrons. The lowest BCUT2D eigenvalue weighted by atomic mass is 9.55. The molecule has 0 spiro atoms. The molecule has 8 heteroatoms. The van der Waals surface area contributed by atoms with Gasteiger partial charge < -0.3 is 35.0 Å². The maximum atomic E-state index is 11.3. The lowest BCUT2D eigenvalue weighted by molar-refractivity contribution is -0.271. The van der Waals surface area contributed by atoms with Gasteiger partial charge in [-0.05, 0) is 85.0 Å². The van der Waals surface area contributed by atoms with Crippen LogP contribution in [0.3, 0.4) is 0 Å². The number of aliphatic hydroxyl groups excluding tert-OH is 4. The van der Waals surface area contributed by atoms with Crippen LogP contribution < -0.4 is 4.74 Å². The van der Waals surface area contributed by atoms with Gasteiger partial charge in [0.05, 0.1) is 6.10 Å². The number of carboxylic acids is 1. The average Bonchev–Trinajstić information content (AvgIpc) is 3.08. The second-order valence-corrected chi connectivity index (χ2v) is 10.3. The van der Waals surface area contributed by atoms with Crippen LogP contribution in [0.5, 0.6) is 5.75 Å². The molecule has 5 N–H and O–H groups in total. The molecular weight excluding hydrogens is 416 g/mol. The van der Waals surface area contributed by atoms with E-state index < -0.39 is 36.7 Å². The van der Waals surface area contributed by atoms with Gasteiger partial charge in [0.1, 0.15) is 24.1 Å². The number of ether oxygens (including phenoxy) is 2. The first-order valence-corrected chi connectivity index (χ1v) is 11.6. The number of aliphatic hydroxyl groups is 4. The van der Waals surface area contributed by atoms with Crippen LogP contribution in [0.4, 0.5) is 0 Å². The van der Waals surface area contributed by atoms with E-state index in [0.29, 0.717) is 23.5 Å². The van der Waals surface area contributed by atoms with Crippen molar-refractivity contribution in [2.24, 2.45) is 17.3 Å². The lowest BCUT2D eigenvalue weighted by Crippen LogP contribution is -2.61. The van der Waals surface area contributed by atoms with Crippen LogP contribution >= 0.6 is 0 Å². The summed E-state index contributed by atoms with van der Waals surface area (Å²) in [5, 5.41) is 49.8. The van der Waals surface area contributed by atoms with Gasteiger partial charge in [-0.15, -0.1) is 0 Å². The van der Waals surface area contributed by atoms with E-state index in [1.54, 1.807) is 6.07 Å². The molecule has 1 aliphatic heterocycles. The van der Waals surface area contributed by atoms with Gasteiger partial charge in [-0.2, -0.15) is 0 Å². The Bertz CT molecular complexity index is 889. The molecule has 5 rings (SSSR count). The van der Waals surface area contributed by atoms with E-state index in [0.717, 1.165) is 38.5 Å². The highest BCUT2D eigenvalue weighted by Gasteiger charge is 2.54. The Morgan fingerprint density at radius 3 is 2.59 bits per heavy atom.